The first-order valence-electron chi connectivity index (χ1n) is 5.82. The minimum Gasteiger partial charge on any atom is -0.309 e. The molecule has 0 amide bonds. The van der Waals surface area contributed by atoms with Gasteiger partial charge in [-0.2, -0.15) is 5.26 Å². The Morgan fingerprint density at radius 1 is 1.38 bits per heavy atom. The van der Waals surface area contributed by atoms with Crippen molar-refractivity contribution in [2.24, 2.45) is 0 Å². The number of hydrogen-bond donors (Lipinski definition) is 0. The third-order valence-corrected chi connectivity index (χ3v) is 3.18. The van der Waals surface area contributed by atoms with E-state index in [2.05, 4.69) is 0 Å². The maximum Gasteiger partial charge on any atom is 0.268 e. The Labute approximate surface area is 95.3 Å². The van der Waals surface area contributed by atoms with Crippen molar-refractivity contribution in [2.45, 2.75) is 45.6 Å². The van der Waals surface area contributed by atoms with Crippen LogP contribution in [0.5, 0.6) is 0 Å². The van der Waals surface area contributed by atoms with E-state index in [9.17, 15) is 4.79 Å². The van der Waals surface area contributed by atoms with Crippen LogP contribution in [0.25, 0.3) is 0 Å². The van der Waals surface area contributed by atoms with Gasteiger partial charge in [0.25, 0.3) is 5.56 Å². The zero-order valence-electron chi connectivity index (χ0n) is 9.79. The Bertz CT molecular complexity index is 506. The second-order valence-electron chi connectivity index (χ2n) is 4.62. The first-order valence-corrected chi connectivity index (χ1v) is 5.82. The lowest BCUT2D eigenvalue weighted by atomic mass is 9.94. The van der Waals surface area contributed by atoms with Crippen LogP contribution in [0, 0.1) is 11.3 Å². The number of pyridine rings is 1. The first-order chi connectivity index (χ1) is 7.65. The molecule has 0 atom stereocenters. The molecule has 16 heavy (non-hydrogen) atoms. The summed E-state index contributed by atoms with van der Waals surface area (Å²) in [7, 11) is 0. The van der Waals surface area contributed by atoms with Crippen molar-refractivity contribution in [3.63, 3.8) is 0 Å². The van der Waals surface area contributed by atoms with Crippen molar-refractivity contribution in [2.75, 3.05) is 0 Å². The smallest absolute Gasteiger partial charge is 0.268 e. The Morgan fingerprint density at radius 3 is 2.69 bits per heavy atom. The SMILES string of the molecule is CC(C)n1c2c(cc(C#N)c1=O)CCCC2. The van der Waals surface area contributed by atoms with Crippen LogP contribution in [-0.2, 0) is 12.8 Å². The van der Waals surface area contributed by atoms with Gasteiger partial charge in [-0.3, -0.25) is 4.79 Å². The molecule has 1 aliphatic rings. The number of fused-ring (bicyclic) bond motifs is 1. The summed E-state index contributed by atoms with van der Waals surface area (Å²) < 4.78 is 1.80. The largest absolute Gasteiger partial charge is 0.309 e. The van der Waals surface area contributed by atoms with E-state index in [1.165, 1.54) is 5.56 Å². The van der Waals surface area contributed by atoms with E-state index in [1.807, 2.05) is 19.9 Å². The van der Waals surface area contributed by atoms with Crippen LogP contribution in [0.1, 0.15) is 49.6 Å². The summed E-state index contributed by atoms with van der Waals surface area (Å²) in [6.07, 6.45) is 4.27. The molecule has 0 radical (unpaired) electrons. The van der Waals surface area contributed by atoms with Gasteiger partial charge in [-0.05, 0) is 51.2 Å². The van der Waals surface area contributed by atoms with Crippen LogP contribution in [0.15, 0.2) is 10.9 Å². The molecule has 0 bridgehead atoms. The van der Waals surface area contributed by atoms with Gasteiger partial charge in [0.15, 0.2) is 0 Å². The highest BCUT2D eigenvalue weighted by Gasteiger charge is 2.18. The lowest BCUT2D eigenvalue weighted by Gasteiger charge is -2.23. The van der Waals surface area contributed by atoms with Crippen LogP contribution in [0.3, 0.4) is 0 Å². The fraction of sp³-hybridized carbons (Fsp3) is 0.538. The Morgan fingerprint density at radius 2 is 2.06 bits per heavy atom. The van der Waals surface area contributed by atoms with Gasteiger partial charge >= 0.3 is 0 Å². The van der Waals surface area contributed by atoms with E-state index < -0.39 is 0 Å². The van der Waals surface area contributed by atoms with E-state index in [4.69, 9.17) is 5.26 Å². The van der Waals surface area contributed by atoms with Gasteiger partial charge in [-0.25, -0.2) is 0 Å². The fourth-order valence-corrected chi connectivity index (χ4v) is 2.46. The van der Waals surface area contributed by atoms with Crippen LogP contribution in [-0.4, -0.2) is 4.57 Å². The standard InChI is InChI=1S/C13H16N2O/c1-9(2)15-12-6-4-3-5-10(12)7-11(8-14)13(15)16/h7,9H,3-6H2,1-2H3. The molecule has 0 unspecified atom stereocenters. The molecule has 0 aromatic carbocycles. The van der Waals surface area contributed by atoms with Crippen LogP contribution in [0.2, 0.25) is 0 Å². The van der Waals surface area contributed by atoms with Gasteiger partial charge in [0.2, 0.25) is 0 Å². The van der Waals surface area contributed by atoms with Crippen molar-refractivity contribution < 1.29 is 0 Å². The molecular weight excluding hydrogens is 200 g/mol. The van der Waals surface area contributed by atoms with E-state index in [-0.39, 0.29) is 17.2 Å². The number of aryl methyl sites for hydroxylation is 1. The van der Waals surface area contributed by atoms with Crippen molar-refractivity contribution in [3.8, 4) is 6.07 Å². The van der Waals surface area contributed by atoms with E-state index in [0.29, 0.717) is 0 Å². The molecule has 3 nitrogen and oxygen atoms in total. The molecule has 0 fully saturated rings. The van der Waals surface area contributed by atoms with Gasteiger partial charge < -0.3 is 4.57 Å². The quantitative estimate of drug-likeness (QED) is 0.722. The van der Waals surface area contributed by atoms with Crippen molar-refractivity contribution in [3.05, 3.63) is 33.2 Å². The fourth-order valence-electron chi connectivity index (χ4n) is 2.46. The first kappa shape index (κ1) is 10.9. The number of aromatic nitrogens is 1. The highest BCUT2D eigenvalue weighted by molar-refractivity contribution is 5.35. The lowest BCUT2D eigenvalue weighted by Crippen LogP contribution is -2.30. The monoisotopic (exact) mass is 216 g/mol. The van der Waals surface area contributed by atoms with Gasteiger partial charge in [0, 0.05) is 11.7 Å². The molecule has 0 N–H and O–H groups in total. The maximum absolute atomic E-state index is 12.1. The predicted molar refractivity (Wildman–Crippen MR) is 62.4 cm³/mol. The number of nitriles is 1. The molecule has 1 aliphatic carbocycles. The summed E-state index contributed by atoms with van der Waals surface area (Å²) >= 11 is 0. The molecule has 1 aromatic heterocycles. The van der Waals surface area contributed by atoms with Crippen LogP contribution < -0.4 is 5.56 Å². The highest BCUT2D eigenvalue weighted by Crippen LogP contribution is 2.22. The molecule has 0 saturated carbocycles. The molecule has 1 heterocycles. The van der Waals surface area contributed by atoms with Gasteiger partial charge in [-0.15, -0.1) is 0 Å². The predicted octanol–water partition coefficient (Wildman–Crippen LogP) is 2.18. The molecular formula is C13H16N2O. The third-order valence-electron chi connectivity index (χ3n) is 3.18. The Hall–Kier alpha value is -1.56. The average molecular weight is 216 g/mol. The van der Waals surface area contributed by atoms with E-state index in [1.54, 1.807) is 10.6 Å². The zero-order valence-corrected chi connectivity index (χ0v) is 9.79. The minimum absolute atomic E-state index is 0.127. The van der Waals surface area contributed by atoms with Crippen LogP contribution >= 0.6 is 0 Å². The molecule has 0 spiro atoms. The Kier molecular flexibility index (Phi) is 2.82. The average Bonchev–Trinajstić information content (AvgIpc) is 2.27. The van der Waals surface area contributed by atoms with Crippen LogP contribution in [0.4, 0.5) is 0 Å². The normalized spacial score (nSPS) is 14.6. The number of hydrogen-bond acceptors (Lipinski definition) is 2. The van der Waals surface area contributed by atoms with Crippen molar-refractivity contribution in [1.29, 1.82) is 5.26 Å². The molecule has 0 aliphatic heterocycles. The maximum atomic E-state index is 12.1. The topological polar surface area (TPSA) is 45.8 Å². The Balaban J connectivity index is 2.73. The number of nitrogens with zero attached hydrogens (tertiary/aromatic N) is 2. The molecule has 2 rings (SSSR count). The summed E-state index contributed by atoms with van der Waals surface area (Å²) in [4.78, 5) is 12.1. The summed E-state index contributed by atoms with van der Waals surface area (Å²) in [6.45, 7) is 3.99. The van der Waals surface area contributed by atoms with Gasteiger partial charge in [0.1, 0.15) is 11.6 Å². The summed E-state index contributed by atoms with van der Waals surface area (Å²) in [6, 6.07) is 3.93. The summed E-state index contributed by atoms with van der Waals surface area (Å²) in [5.74, 6) is 0. The summed E-state index contributed by atoms with van der Waals surface area (Å²) in [5, 5.41) is 8.96. The van der Waals surface area contributed by atoms with Gasteiger partial charge in [0.05, 0.1) is 0 Å². The number of rotatable bonds is 1. The van der Waals surface area contributed by atoms with Crippen molar-refractivity contribution in [1.82, 2.24) is 4.57 Å². The molecule has 3 heteroatoms. The van der Waals surface area contributed by atoms with E-state index in [0.717, 1.165) is 31.4 Å². The molecule has 1 aromatic rings. The molecule has 0 saturated heterocycles. The van der Waals surface area contributed by atoms with Crippen molar-refractivity contribution >= 4 is 0 Å². The third kappa shape index (κ3) is 1.65. The highest BCUT2D eigenvalue weighted by atomic mass is 16.1. The minimum atomic E-state index is -0.127. The second kappa shape index (κ2) is 4.13. The van der Waals surface area contributed by atoms with Gasteiger partial charge in [-0.1, -0.05) is 0 Å². The molecule has 84 valence electrons. The van der Waals surface area contributed by atoms with E-state index >= 15 is 0 Å². The zero-order chi connectivity index (χ0) is 11.7. The second-order valence-corrected chi connectivity index (χ2v) is 4.62. The lowest BCUT2D eigenvalue weighted by molar-refractivity contribution is 0.517. The summed E-state index contributed by atoms with van der Waals surface area (Å²) in [5.41, 5.74) is 2.49.